The van der Waals surface area contributed by atoms with Crippen molar-refractivity contribution < 1.29 is 0 Å². The van der Waals surface area contributed by atoms with E-state index in [0.29, 0.717) is 5.56 Å². The number of rotatable bonds is 3. The number of hydrogen-bond donors (Lipinski definition) is 0. The van der Waals surface area contributed by atoms with Gasteiger partial charge in [0.25, 0.3) is 0 Å². The van der Waals surface area contributed by atoms with Crippen molar-refractivity contribution in [3.05, 3.63) is 157 Å². The third-order valence-electron chi connectivity index (χ3n) is 9.65. The first-order valence-electron chi connectivity index (χ1n) is 16.3. The van der Waals surface area contributed by atoms with Crippen LogP contribution < -0.4 is 0 Å². The number of aromatic nitrogens is 4. The Morgan fingerprint density at radius 1 is 0.490 bits per heavy atom. The normalized spacial score (nSPS) is 11.7. The van der Waals surface area contributed by atoms with Crippen molar-refractivity contribution in [3.8, 4) is 34.1 Å². The second-order valence-electron chi connectivity index (χ2n) is 12.4. The molecule has 0 fully saturated rings. The van der Waals surface area contributed by atoms with Gasteiger partial charge in [-0.3, -0.25) is 9.97 Å². The van der Waals surface area contributed by atoms with Gasteiger partial charge in [0.1, 0.15) is 0 Å². The molecular weight excluding hydrogens is 599 g/mol. The first kappa shape index (κ1) is 27.2. The van der Waals surface area contributed by atoms with Gasteiger partial charge >= 0.3 is 0 Å². The average molecular weight is 624 g/mol. The monoisotopic (exact) mass is 623 g/mol. The zero-order valence-electron chi connectivity index (χ0n) is 26.2. The minimum absolute atomic E-state index is 0.643. The first-order chi connectivity index (χ1) is 24.3. The van der Waals surface area contributed by atoms with E-state index in [1.165, 1.54) is 0 Å². The van der Waals surface area contributed by atoms with E-state index in [1.54, 1.807) is 0 Å². The molecule has 0 aliphatic rings. The topological polar surface area (TPSA) is 67.4 Å². The predicted octanol–water partition coefficient (Wildman–Crippen LogP) is 10.8. The molecule has 0 aliphatic heterocycles. The SMILES string of the molecule is N#Cc1ccc2c(c1)c1cc(-c3ccc4c(c3)nc(-c3ccccc3)c3c5cccnc5c5ncccc5c43)ccc1n2-c1ccccc1. The van der Waals surface area contributed by atoms with Crippen LogP contribution in [0.15, 0.2) is 152 Å². The smallest absolute Gasteiger partial charge is 0.0991 e. The van der Waals surface area contributed by atoms with Crippen molar-refractivity contribution >= 4 is 65.3 Å². The van der Waals surface area contributed by atoms with Crippen LogP contribution >= 0.6 is 0 Å². The van der Waals surface area contributed by atoms with Crippen molar-refractivity contribution in [3.63, 3.8) is 0 Å². The van der Waals surface area contributed by atoms with Crippen LogP contribution in [0.3, 0.4) is 0 Å². The lowest BCUT2D eigenvalue weighted by Crippen LogP contribution is -1.95. The average Bonchev–Trinajstić information content (AvgIpc) is 3.50. The van der Waals surface area contributed by atoms with E-state index in [9.17, 15) is 5.26 Å². The van der Waals surface area contributed by atoms with Crippen molar-refractivity contribution in [1.29, 1.82) is 5.26 Å². The molecule has 10 aromatic rings. The summed E-state index contributed by atoms with van der Waals surface area (Å²) in [7, 11) is 0. The van der Waals surface area contributed by atoms with Gasteiger partial charge in [0, 0.05) is 61.3 Å². The highest BCUT2D eigenvalue weighted by atomic mass is 15.0. The van der Waals surface area contributed by atoms with Crippen LogP contribution in [0.25, 0.3) is 93.4 Å². The van der Waals surface area contributed by atoms with Crippen LogP contribution in [0.5, 0.6) is 0 Å². The van der Waals surface area contributed by atoms with Gasteiger partial charge in [-0.15, -0.1) is 0 Å². The lowest BCUT2D eigenvalue weighted by atomic mass is 9.92. The Kier molecular flexibility index (Phi) is 5.87. The molecule has 5 nitrogen and oxygen atoms in total. The highest BCUT2D eigenvalue weighted by molar-refractivity contribution is 6.32. The summed E-state index contributed by atoms with van der Waals surface area (Å²) in [5.41, 5.74) is 10.7. The Bertz CT molecular complexity index is 2990. The van der Waals surface area contributed by atoms with E-state index in [0.717, 1.165) is 93.4 Å². The Hall–Kier alpha value is -6.90. The lowest BCUT2D eigenvalue weighted by molar-refractivity contribution is 1.18. The minimum Gasteiger partial charge on any atom is -0.309 e. The molecule has 5 heteroatoms. The molecule has 0 radical (unpaired) electrons. The molecule has 0 amide bonds. The maximum atomic E-state index is 9.76. The quantitative estimate of drug-likeness (QED) is 0.184. The molecule has 0 spiro atoms. The van der Waals surface area contributed by atoms with Crippen LogP contribution in [0.4, 0.5) is 0 Å². The summed E-state index contributed by atoms with van der Waals surface area (Å²) in [6, 6.07) is 50.5. The van der Waals surface area contributed by atoms with E-state index in [1.807, 2.05) is 48.8 Å². The summed E-state index contributed by atoms with van der Waals surface area (Å²) in [5, 5.41) is 17.3. The molecule has 0 aliphatic carbocycles. The van der Waals surface area contributed by atoms with Crippen LogP contribution in [-0.4, -0.2) is 19.5 Å². The number of hydrogen-bond acceptors (Lipinski definition) is 4. The lowest BCUT2D eigenvalue weighted by Gasteiger charge is -2.16. The summed E-state index contributed by atoms with van der Waals surface area (Å²) in [6.45, 7) is 0. The van der Waals surface area contributed by atoms with Crippen molar-refractivity contribution in [2.24, 2.45) is 0 Å². The summed E-state index contributed by atoms with van der Waals surface area (Å²) in [5.74, 6) is 0. The molecule has 0 N–H and O–H groups in total. The van der Waals surface area contributed by atoms with E-state index in [-0.39, 0.29) is 0 Å². The van der Waals surface area contributed by atoms with Gasteiger partial charge in [-0.25, -0.2) is 4.98 Å². The molecular formula is C44H25N5. The molecule has 10 rings (SSSR count). The first-order valence-corrected chi connectivity index (χ1v) is 16.3. The summed E-state index contributed by atoms with van der Waals surface area (Å²) in [6.07, 6.45) is 3.67. The summed E-state index contributed by atoms with van der Waals surface area (Å²) in [4.78, 5) is 15.0. The van der Waals surface area contributed by atoms with Crippen molar-refractivity contribution in [2.75, 3.05) is 0 Å². The van der Waals surface area contributed by atoms with Gasteiger partial charge in [0.15, 0.2) is 0 Å². The van der Waals surface area contributed by atoms with Crippen LogP contribution in [0.1, 0.15) is 5.56 Å². The fourth-order valence-corrected chi connectivity index (χ4v) is 7.51. The Balaban J connectivity index is 1.27. The third kappa shape index (κ3) is 4.08. The highest BCUT2D eigenvalue weighted by Gasteiger charge is 2.20. The van der Waals surface area contributed by atoms with Gasteiger partial charge in [-0.1, -0.05) is 78.9 Å². The standard InChI is InChI=1S/C44H25N5/c45-26-27-15-19-38-35(23-27)36-24-29(17-20-39(36)49(38)31-11-5-2-6-12-31)30-16-18-32-37(25-30)48-42(28-9-3-1-4-10-28)41-34-14-8-22-47-44(34)43-33(40(32)41)13-7-21-46-43/h1-25H. The second-order valence-corrected chi connectivity index (χ2v) is 12.4. The maximum Gasteiger partial charge on any atom is 0.0991 e. The highest BCUT2D eigenvalue weighted by Crippen LogP contribution is 2.43. The fraction of sp³-hybridized carbons (Fsp3) is 0. The molecule has 4 aromatic heterocycles. The van der Waals surface area contributed by atoms with Gasteiger partial charge in [0.2, 0.25) is 0 Å². The largest absolute Gasteiger partial charge is 0.309 e. The maximum absolute atomic E-state index is 9.76. The van der Waals surface area contributed by atoms with Crippen LogP contribution in [0, 0.1) is 11.3 Å². The summed E-state index contributed by atoms with van der Waals surface area (Å²) < 4.78 is 2.27. The molecule has 6 aromatic carbocycles. The number of nitriles is 1. The van der Waals surface area contributed by atoms with Crippen molar-refractivity contribution in [1.82, 2.24) is 19.5 Å². The molecule has 0 atom stereocenters. The number of benzene rings is 6. The fourth-order valence-electron chi connectivity index (χ4n) is 7.51. The van der Waals surface area contributed by atoms with Crippen LogP contribution in [0.2, 0.25) is 0 Å². The number of fused-ring (bicyclic) bond motifs is 11. The molecule has 0 saturated carbocycles. The van der Waals surface area contributed by atoms with E-state index in [2.05, 4.69) is 114 Å². The van der Waals surface area contributed by atoms with Crippen LogP contribution in [-0.2, 0) is 0 Å². The van der Waals surface area contributed by atoms with Gasteiger partial charge in [-0.2, -0.15) is 5.26 Å². The zero-order chi connectivity index (χ0) is 32.5. The number of para-hydroxylation sites is 1. The van der Waals surface area contributed by atoms with Gasteiger partial charge in [-0.05, 0) is 71.8 Å². The number of nitrogens with zero attached hydrogens (tertiary/aromatic N) is 5. The Morgan fingerprint density at radius 3 is 1.86 bits per heavy atom. The minimum atomic E-state index is 0.643. The molecule has 4 heterocycles. The third-order valence-corrected chi connectivity index (χ3v) is 9.65. The molecule has 0 saturated heterocycles. The summed E-state index contributed by atoms with van der Waals surface area (Å²) >= 11 is 0. The molecule has 226 valence electrons. The second kappa shape index (κ2) is 10.6. The Morgan fingerprint density at radius 2 is 1.12 bits per heavy atom. The Labute approximate surface area is 281 Å². The molecule has 49 heavy (non-hydrogen) atoms. The zero-order valence-corrected chi connectivity index (χ0v) is 26.2. The van der Waals surface area contributed by atoms with Crippen molar-refractivity contribution in [2.45, 2.75) is 0 Å². The molecule has 0 bridgehead atoms. The number of pyridine rings is 3. The van der Waals surface area contributed by atoms with Gasteiger partial charge in [0.05, 0.1) is 44.9 Å². The van der Waals surface area contributed by atoms with E-state index >= 15 is 0 Å². The van der Waals surface area contributed by atoms with E-state index in [4.69, 9.17) is 15.0 Å². The molecule has 0 unspecified atom stereocenters. The van der Waals surface area contributed by atoms with Gasteiger partial charge < -0.3 is 4.57 Å². The predicted molar refractivity (Wildman–Crippen MR) is 200 cm³/mol. The van der Waals surface area contributed by atoms with E-state index < -0.39 is 0 Å².